The molecule has 0 aliphatic rings. The zero-order chi connectivity index (χ0) is 6.15. The lowest BCUT2D eigenvalue weighted by molar-refractivity contribution is 1.25. The Morgan fingerprint density at radius 2 is 2.12 bits per heavy atom. The molecule has 1 rings (SSSR count). The van der Waals surface area contributed by atoms with E-state index in [2.05, 4.69) is 9.97 Å². The summed E-state index contributed by atoms with van der Waals surface area (Å²) < 4.78 is 0. The number of aromatic nitrogens is 2. The first-order chi connectivity index (χ1) is 3.70. The fourth-order valence-electron chi connectivity index (χ4n) is 0.404. The number of H-pyrrole nitrogens is 1. The molecule has 1 heterocycles. The second kappa shape index (κ2) is 1.96. The van der Waals surface area contributed by atoms with E-state index in [-0.39, 0.29) is 0 Å². The number of aryl methyl sites for hydroxylation is 1. The van der Waals surface area contributed by atoms with Crippen molar-refractivity contribution in [3.05, 3.63) is 16.1 Å². The smallest absolute Gasteiger partial charge is 0.201 e. The van der Waals surface area contributed by atoms with Gasteiger partial charge < -0.3 is 4.98 Å². The Morgan fingerprint density at radius 3 is 2.25 bits per heavy atom. The van der Waals surface area contributed by atoms with Crippen molar-refractivity contribution in [1.29, 1.82) is 0 Å². The van der Waals surface area contributed by atoms with Gasteiger partial charge in [0, 0.05) is 0 Å². The van der Waals surface area contributed by atoms with Crippen LogP contribution >= 0.6 is 23.2 Å². The van der Waals surface area contributed by atoms with Gasteiger partial charge in [0.1, 0.15) is 0 Å². The summed E-state index contributed by atoms with van der Waals surface area (Å²) in [5.41, 5.74) is 0.802. The van der Waals surface area contributed by atoms with Gasteiger partial charge in [-0.25, -0.2) is 4.98 Å². The van der Waals surface area contributed by atoms with Crippen LogP contribution in [0.1, 0.15) is 5.69 Å². The predicted molar refractivity (Wildman–Crippen MR) is 33.3 cm³/mol. The molecule has 0 spiro atoms. The number of imidazole rings is 1. The minimum atomic E-state index is 0.340. The molecule has 0 aliphatic heterocycles. The van der Waals surface area contributed by atoms with E-state index in [4.69, 9.17) is 23.2 Å². The fraction of sp³-hybridized carbons (Fsp3) is 0.250. The van der Waals surface area contributed by atoms with Crippen molar-refractivity contribution in [3.8, 4) is 0 Å². The summed E-state index contributed by atoms with van der Waals surface area (Å²) in [7, 11) is 0. The fourth-order valence-corrected chi connectivity index (χ4v) is 0.806. The molecule has 0 unspecified atom stereocenters. The van der Waals surface area contributed by atoms with E-state index in [1.807, 2.05) is 0 Å². The maximum atomic E-state index is 5.50. The Kier molecular flexibility index (Phi) is 1.45. The van der Waals surface area contributed by atoms with E-state index in [0.717, 1.165) is 5.69 Å². The average Bonchev–Trinajstić information content (AvgIpc) is 1.85. The number of hydrogen-bond acceptors (Lipinski definition) is 1. The topological polar surface area (TPSA) is 28.7 Å². The van der Waals surface area contributed by atoms with Crippen LogP contribution in [-0.4, -0.2) is 9.97 Å². The third-order valence-electron chi connectivity index (χ3n) is 0.796. The van der Waals surface area contributed by atoms with Gasteiger partial charge in [0.2, 0.25) is 5.28 Å². The summed E-state index contributed by atoms with van der Waals surface area (Å²) >= 11 is 10.9. The highest BCUT2D eigenvalue weighted by Crippen LogP contribution is 2.13. The maximum absolute atomic E-state index is 5.50. The number of nitrogens with one attached hydrogen (secondary N) is 1. The summed E-state index contributed by atoms with van der Waals surface area (Å²) in [4.78, 5) is 6.42. The summed E-state index contributed by atoms with van der Waals surface area (Å²) in [6.45, 7) is 1.81. The summed E-state index contributed by atoms with van der Waals surface area (Å²) in [5, 5.41) is 0.780. The Balaban J connectivity index is 3.14. The highest BCUT2D eigenvalue weighted by Gasteiger charge is 1.98. The van der Waals surface area contributed by atoms with Crippen LogP contribution in [0.3, 0.4) is 0 Å². The standard InChI is InChI=1S/C4H4Cl2N2/c1-2-3(5)8-4(6)7-2/h1H3,(H,7,8). The van der Waals surface area contributed by atoms with Crippen molar-refractivity contribution in [2.75, 3.05) is 0 Å². The van der Waals surface area contributed by atoms with Crippen LogP contribution in [0.4, 0.5) is 0 Å². The molecule has 0 aromatic carbocycles. The second-order valence-corrected chi connectivity index (χ2v) is 2.16. The first kappa shape index (κ1) is 5.92. The first-order valence-corrected chi connectivity index (χ1v) is 2.83. The van der Waals surface area contributed by atoms with Crippen LogP contribution in [-0.2, 0) is 0 Å². The van der Waals surface area contributed by atoms with Gasteiger partial charge in [-0.2, -0.15) is 0 Å². The average molecular weight is 151 g/mol. The van der Waals surface area contributed by atoms with Crippen molar-refractivity contribution < 1.29 is 0 Å². The van der Waals surface area contributed by atoms with E-state index in [1.54, 1.807) is 6.92 Å². The molecule has 44 valence electrons. The van der Waals surface area contributed by atoms with Crippen LogP contribution in [0.5, 0.6) is 0 Å². The number of rotatable bonds is 0. The van der Waals surface area contributed by atoms with Gasteiger partial charge >= 0.3 is 0 Å². The predicted octanol–water partition coefficient (Wildman–Crippen LogP) is 2.02. The van der Waals surface area contributed by atoms with Gasteiger partial charge in [0.15, 0.2) is 5.15 Å². The van der Waals surface area contributed by atoms with Crippen LogP contribution < -0.4 is 0 Å². The molecule has 1 aromatic rings. The lowest BCUT2D eigenvalue weighted by atomic mass is 10.6. The van der Waals surface area contributed by atoms with E-state index in [0.29, 0.717) is 10.4 Å². The number of aromatic amines is 1. The third-order valence-corrected chi connectivity index (χ3v) is 1.34. The van der Waals surface area contributed by atoms with Gasteiger partial charge in [0.05, 0.1) is 5.69 Å². The Hall–Kier alpha value is -0.210. The van der Waals surface area contributed by atoms with Crippen LogP contribution in [0.15, 0.2) is 0 Å². The van der Waals surface area contributed by atoms with Gasteiger partial charge in [-0.1, -0.05) is 11.6 Å². The molecule has 0 saturated heterocycles. The third kappa shape index (κ3) is 0.956. The maximum Gasteiger partial charge on any atom is 0.201 e. The molecule has 1 aromatic heterocycles. The molecule has 1 N–H and O–H groups in total. The van der Waals surface area contributed by atoms with E-state index in [1.165, 1.54) is 0 Å². The van der Waals surface area contributed by atoms with Gasteiger partial charge in [-0.05, 0) is 18.5 Å². The molecule has 0 saturated carbocycles. The lowest BCUT2D eigenvalue weighted by Gasteiger charge is -1.76. The highest BCUT2D eigenvalue weighted by atomic mass is 35.5. The number of halogens is 2. The largest absolute Gasteiger partial charge is 0.331 e. The molecule has 8 heavy (non-hydrogen) atoms. The van der Waals surface area contributed by atoms with Crippen LogP contribution in [0.2, 0.25) is 10.4 Å². The lowest BCUT2D eigenvalue weighted by Crippen LogP contribution is -1.65. The van der Waals surface area contributed by atoms with Gasteiger partial charge in [-0.15, -0.1) is 0 Å². The number of nitrogens with zero attached hydrogens (tertiary/aromatic N) is 1. The first-order valence-electron chi connectivity index (χ1n) is 2.08. The Labute approximate surface area is 56.8 Å². The van der Waals surface area contributed by atoms with Gasteiger partial charge in [0.25, 0.3) is 0 Å². The van der Waals surface area contributed by atoms with E-state index < -0.39 is 0 Å². The zero-order valence-corrected chi connectivity index (χ0v) is 5.72. The van der Waals surface area contributed by atoms with E-state index in [9.17, 15) is 0 Å². The Bertz CT molecular complexity index is 174. The molecule has 0 amide bonds. The second-order valence-electron chi connectivity index (χ2n) is 1.44. The van der Waals surface area contributed by atoms with Gasteiger partial charge in [-0.3, -0.25) is 0 Å². The molecular formula is C4H4Cl2N2. The molecule has 0 aliphatic carbocycles. The summed E-state index contributed by atoms with van der Waals surface area (Å²) in [6.07, 6.45) is 0. The molecule has 0 fully saturated rings. The molecule has 0 radical (unpaired) electrons. The zero-order valence-electron chi connectivity index (χ0n) is 4.20. The van der Waals surface area contributed by atoms with E-state index >= 15 is 0 Å². The van der Waals surface area contributed by atoms with Crippen molar-refractivity contribution >= 4 is 23.2 Å². The molecule has 4 heteroatoms. The Morgan fingerprint density at radius 1 is 1.50 bits per heavy atom. The van der Waals surface area contributed by atoms with Crippen molar-refractivity contribution in [1.82, 2.24) is 9.97 Å². The molecule has 0 atom stereocenters. The summed E-state index contributed by atoms with van der Waals surface area (Å²) in [5.74, 6) is 0. The normalized spacial score (nSPS) is 9.88. The monoisotopic (exact) mass is 150 g/mol. The quantitative estimate of drug-likeness (QED) is 0.603. The molecule has 2 nitrogen and oxygen atoms in total. The molecular weight excluding hydrogens is 147 g/mol. The SMILES string of the molecule is Cc1[nH]c(Cl)nc1Cl. The highest BCUT2D eigenvalue weighted by molar-refractivity contribution is 6.32. The number of hydrogen-bond donors (Lipinski definition) is 1. The van der Waals surface area contributed by atoms with Crippen LogP contribution in [0.25, 0.3) is 0 Å². The van der Waals surface area contributed by atoms with Crippen molar-refractivity contribution in [2.45, 2.75) is 6.92 Å². The minimum Gasteiger partial charge on any atom is -0.331 e. The van der Waals surface area contributed by atoms with Crippen molar-refractivity contribution in [3.63, 3.8) is 0 Å². The van der Waals surface area contributed by atoms with Crippen LogP contribution in [0, 0.1) is 6.92 Å². The van der Waals surface area contributed by atoms with Crippen molar-refractivity contribution in [2.24, 2.45) is 0 Å². The molecule has 0 bridgehead atoms. The summed E-state index contributed by atoms with van der Waals surface area (Å²) in [6, 6.07) is 0. The minimum absolute atomic E-state index is 0.340.